The Kier molecular flexibility index (Phi) is 4.21. The van der Waals surface area contributed by atoms with Crippen molar-refractivity contribution in [1.82, 2.24) is 5.32 Å². The van der Waals surface area contributed by atoms with Crippen molar-refractivity contribution in [2.75, 3.05) is 7.05 Å². The van der Waals surface area contributed by atoms with Gasteiger partial charge in [-0.2, -0.15) is 0 Å². The molecule has 0 saturated heterocycles. The zero-order valence-corrected chi connectivity index (χ0v) is 11.9. The highest BCUT2D eigenvalue weighted by Crippen LogP contribution is 2.35. The molecule has 0 spiro atoms. The number of hydrogen-bond donors (Lipinski definition) is 1. The van der Waals surface area contributed by atoms with Crippen LogP contribution in [0.2, 0.25) is 0 Å². The summed E-state index contributed by atoms with van der Waals surface area (Å²) < 4.78 is 14.1. The number of nitrogens with one attached hydrogen (secondary N) is 1. The Bertz CT molecular complexity index is 394. The first-order valence-electron chi connectivity index (χ1n) is 6.23. The summed E-state index contributed by atoms with van der Waals surface area (Å²) in [7, 11) is 2.03. The predicted molar refractivity (Wildman–Crippen MR) is 72.5 cm³/mol. The van der Waals surface area contributed by atoms with Crippen molar-refractivity contribution in [2.45, 2.75) is 32.2 Å². The maximum Gasteiger partial charge on any atom is 0.137 e. The normalized spacial score (nSPS) is 28.6. The number of hydrogen-bond acceptors (Lipinski definition) is 1. The van der Waals surface area contributed by atoms with Gasteiger partial charge in [0.2, 0.25) is 0 Å². The van der Waals surface area contributed by atoms with Crippen LogP contribution in [0, 0.1) is 17.7 Å². The van der Waals surface area contributed by atoms with E-state index in [2.05, 4.69) is 28.2 Å². The van der Waals surface area contributed by atoms with E-state index in [9.17, 15) is 4.39 Å². The molecule has 1 aliphatic rings. The molecule has 0 aromatic heterocycles. The van der Waals surface area contributed by atoms with E-state index < -0.39 is 0 Å². The number of rotatable bonds is 3. The Morgan fingerprint density at radius 3 is 2.82 bits per heavy atom. The van der Waals surface area contributed by atoms with Crippen LogP contribution in [0.15, 0.2) is 22.7 Å². The van der Waals surface area contributed by atoms with Crippen molar-refractivity contribution in [2.24, 2.45) is 11.8 Å². The molecule has 1 aromatic carbocycles. The Labute approximate surface area is 111 Å². The fourth-order valence-electron chi connectivity index (χ4n) is 2.93. The van der Waals surface area contributed by atoms with Crippen molar-refractivity contribution in [3.05, 3.63) is 34.1 Å². The fourth-order valence-corrected chi connectivity index (χ4v) is 3.36. The van der Waals surface area contributed by atoms with E-state index in [4.69, 9.17) is 0 Å². The van der Waals surface area contributed by atoms with E-state index in [-0.39, 0.29) is 5.82 Å². The molecule has 1 aromatic rings. The van der Waals surface area contributed by atoms with Crippen LogP contribution in [-0.2, 0) is 6.42 Å². The summed E-state index contributed by atoms with van der Waals surface area (Å²) in [6.07, 6.45) is 3.43. The lowest BCUT2D eigenvalue weighted by molar-refractivity contribution is 0.363. The molecule has 17 heavy (non-hydrogen) atoms. The second-order valence-electron chi connectivity index (χ2n) is 5.01. The molecule has 0 amide bonds. The Morgan fingerprint density at radius 1 is 1.41 bits per heavy atom. The minimum atomic E-state index is -0.154. The zero-order chi connectivity index (χ0) is 12.4. The highest BCUT2D eigenvalue weighted by atomic mass is 79.9. The second kappa shape index (κ2) is 5.49. The number of halogens is 2. The van der Waals surface area contributed by atoms with Gasteiger partial charge in [-0.05, 0) is 65.7 Å². The van der Waals surface area contributed by atoms with Crippen LogP contribution in [0.25, 0.3) is 0 Å². The van der Waals surface area contributed by atoms with E-state index in [1.165, 1.54) is 18.9 Å². The smallest absolute Gasteiger partial charge is 0.137 e. The summed E-state index contributed by atoms with van der Waals surface area (Å²) >= 11 is 3.35. The van der Waals surface area contributed by atoms with Crippen molar-refractivity contribution in [3.8, 4) is 0 Å². The molecule has 0 aliphatic heterocycles. The van der Waals surface area contributed by atoms with E-state index >= 15 is 0 Å². The lowest BCUT2D eigenvalue weighted by atomic mass is 9.89. The van der Waals surface area contributed by atoms with E-state index in [1.807, 2.05) is 13.1 Å². The Balaban J connectivity index is 2.09. The molecule has 1 nitrogen and oxygen atoms in total. The van der Waals surface area contributed by atoms with Crippen molar-refractivity contribution >= 4 is 15.9 Å². The van der Waals surface area contributed by atoms with E-state index in [0.29, 0.717) is 22.4 Å². The first kappa shape index (κ1) is 13.0. The molecule has 0 radical (unpaired) electrons. The molecular weight excluding hydrogens is 281 g/mol. The van der Waals surface area contributed by atoms with Gasteiger partial charge in [-0.15, -0.1) is 0 Å². The van der Waals surface area contributed by atoms with Gasteiger partial charge in [0.1, 0.15) is 5.82 Å². The molecule has 1 N–H and O–H groups in total. The first-order valence-corrected chi connectivity index (χ1v) is 7.03. The zero-order valence-electron chi connectivity index (χ0n) is 10.3. The molecule has 1 aliphatic carbocycles. The molecule has 1 fully saturated rings. The van der Waals surface area contributed by atoms with Crippen molar-refractivity contribution in [1.29, 1.82) is 0 Å². The molecule has 3 unspecified atom stereocenters. The molecule has 0 bridgehead atoms. The highest BCUT2D eigenvalue weighted by Gasteiger charge is 2.31. The van der Waals surface area contributed by atoms with Gasteiger partial charge >= 0.3 is 0 Å². The van der Waals surface area contributed by atoms with Crippen LogP contribution in [0.3, 0.4) is 0 Å². The maximum absolute atomic E-state index is 13.4. The molecule has 3 heteroatoms. The van der Waals surface area contributed by atoms with Gasteiger partial charge in [0.05, 0.1) is 4.47 Å². The summed E-state index contributed by atoms with van der Waals surface area (Å²) in [5.74, 6) is 1.17. The lowest BCUT2D eigenvalue weighted by Gasteiger charge is -2.20. The summed E-state index contributed by atoms with van der Waals surface area (Å²) in [5, 5.41) is 3.37. The van der Waals surface area contributed by atoms with Crippen LogP contribution in [0.5, 0.6) is 0 Å². The van der Waals surface area contributed by atoms with Gasteiger partial charge < -0.3 is 5.32 Å². The SMILES string of the molecule is CNC1CCC(Cc2cccc(F)c2Br)C1C. The van der Waals surface area contributed by atoms with Gasteiger partial charge in [-0.3, -0.25) is 0 Å². The summed E-state index contributed by atoms with van der Waals surface area (Å²) in [4.78, 5) is 0. The number of benzene rings is 1. The van der Waals surface area contributed by atoms with Crippen LogP contribution in [-0.4, -0.2) is 13.1 Å². The topological polar surface area (TPSA) is 12.0 Å². The van der Waals surface area contributed by atoms with Gasteiger partial charge in [0, 0.05) is 6.04 Å². The second-order valence-corrected chi connectivity index (χ2v) is 5.80. The molecule has 2 rings (SSSR count). The molecule has 0 heterocycles. The van der Waals surface area contributed by atoms with Crippen LogP contribution < -0.4 is 5.32 Å². The van der Waals surface area contributed by atoms with Gasteiger partial charge in [0.25, 0.3) is 0 Å². The lowest BCUT2D eigenvalue weighted by Crippen LogP contribution is -2.29. The van der Waals surface area contributed by atoms with Crippen LogP contribution in [0.1, 0.15) is 25.3 Å². The minimum absolute atomic E-state index is 0.154. The van der Waals surface area contributed by atoms with Gasteiger partial charge in [0.15, 0.2) is 0 Å². The van der Waals surface area contributed by atoms with Crippen molar-refractivity contribution < 1.29 is 4.39 Å². The quantitative estimate of drug-likeness (QED) is 0.896. The molecule has 1 saturated carbocycles. The summed E-state index contributed by atoms with van der Waals surface area (Å²) in [6.45, 7) is 2.30. The Morgan fingerprint density at radius 2 is 2.18 bits per heavy atom. The van der Waals surface area contributed by atoms with Gasteiger partial charge in [-0.1, -0.05) is 19.1 Å². The van der Waals surface area contributed by atoms with Crippen LogP contribution >= 0.6 is 15.9 Å². The minimum Gasteiger partial charge on any atom is -0.317 e. The predicted octanol–water partition coefficient (Wildman–Crippen LogP) is 3.76. The molecular formula is C14H19BrFN. The average Bonchev–Trinajstić information content (AvgIpc) is 2.66. The molecule has 3 atom stereocenters. The average molecular weight is 300 g/mol. The third-order valence-corrected chi connectivity index (χ3v) is 5.00. The summed E-state index contributed by atoms with van der Waals surface area (Å²) in [6, 6.07) is 5.94. The summed E-state index contributed by atoms with van der Waals surface area (Å²) in [5.41, 5.74) is 1.10. The Hall–Kier alpha value is -0.410. The fraction of sp³-hybridized carbons (Fsp3) is 0.571. The van der Waals surface area contributed by atoms with Crippen molar-refractivity contribution in [3.63, 3.8) is 0 Å². The van der Waals surface area contributed by atoms with E-state index in [1.54, 1.807) is 6.07 Å². The van der Waals surface area contributed by atoms with Crippen LogP contribution in [0.4, 0.5) is 4.39 Å². The first-order chi connectivity index (χ1) is 8.13. The third kappa shape index (κ3) is 2.71. The van der Waals surface area contributed by atoms with E-state index in [0.717, 1.165) is 12.0 Å². The third-order valence-electron chi connectivity index (χ3n) is 4.11. The maximum atomic E-state index is 13.4. The monoisotopic (exact) mass is 299 g/mol. The molecule has 94 valence electrons. The largest absolute Gasteiger partial charge is 0.317 e. The van der Waals surface area contributed by atoms with Gasteiger partial charge in [-0.25, -0.2) is 4.39 Å². The standard InChI is InChI=1S/C14H19BrFN/c1-9-10(6-7-13(9)17-2)8-11-4-3-5-12(16)14(11)15/h3-5,9-10,13,17H,6-8H2,1-2H3. The highest BCUT2D eigenvalue weighted by molar-refractivity contribution is 9.10.